The Morgan fingerprint density at radius 2 is 2.18 bits per heavy atom. The highest BCUT2D eigenvalue weighted by atomic mass is 15.2. The van der Waals surface area contributed by atoms with E-state index in [2.05, 4.69) is 41.0 Å². The lowest BCUT2D eigenvalue weighted by Crippen LogP contribution is -2.34. The van der Waals surface area contributed by atoms with Crippen molar-refractivity contribution in [1.82, 2.24) is 15.5 Å². The van der Waals surface area contributed by atoms with Gasteiger partial charge in [-0.2, -0.15) is 0 Å². The molecule has 1 atom stereocenters. The summed E-state index contributed by atoms with van der Waals surface area (Å²) in [5.41, 5.74) is 0.746. The molecular weight excluding hydrogens is 212 g/mol. The average Bonchev–Trinajstić information content (AvgIpc) is 2.33. The number of rotatable bonds is 9. The second-order valence-electron chi connectivity index (χ2n) is 3.91. The Morgan fingerprint density at radius 3 is 2.71 bits per heavy atom. The van der Waals surface area contributed by atoms with Gasteiger partial charge in [0, 0.05) is 18.8 Å². The molecule has 0 heterocycles. The predicted molar refractivity (Wildman–Crippen MR) is 76.0 cm³/mol. The minimum absolute atomic E-state index is 0.504. The third-order valence-corrected chi connectivity index (χ3v) is 2.48. The average molecular weight is 238 g/mol. The molecule has 0 amide bonds. The number of nitrogens with zero attached hydrogens (tertiary/aromatic N) is 2. The Kier molecular flexibility index (Phi) is 9.15. The molecule has 1 unspecified atom stereocenters. The zero-order chi connectivity index (χ0) is 13.1. The fourth-order valence-corrected chi connectivity index (χ4v) is 1.22. The maximum atomic E-state index is 4.17. The van der Waals surface area contributed by atoms with Crippen LogP contribution in [0.2, 0.25) is 0 Å². The number of aliphatic imine (C=N–C) groups is 1. The van der Waals surface area contributed by atoms with Crippen molar-refractivity contribution in [1.29, 1.82) is 0 Å². The number of allylic oxidation sites excluding steroid dienone is 1. The van der Waals surface area contributed by atoms with Crippen molar-refractivity contribution in [2.75, 3.05) is 20.3 Å². The lowest BCUT2D eigenvalue weighted by molar-refractivity contribution is 0.273. The van der Waals surface area contributed by atoms with Crippen molar-refractivity contribution in [3.8, 4) is 0 Å². The van der Waals surface area contributed by atoms with E-state index < -0.39 is 0 Å². The highest BCUT2D eigenvalue weighted by Gasteiger charge is 2.05. The quantitative estimate of drug-likeness (QED) is 0.279. The molecule has 0 saturated heterocycles. The van der Waals surface area contributed by atoms with Gasteiger partial charge in [-0.1, -0.05) is 13.5 Å². The first-order chi connectivity index (χ1) is 8.15. The second-order valence-corrected chi connectivity index (χ2v) is 3.91. The van der Waals surface area contributed by atoms with Gasteiger partial charge < -0.3 is 15.5 Å². The summed E-state index contributed by atoms with van der Waals surface area (Å²) in [5.74, 6) is 0. The van der Waals surface area contributed by atoms with Crippen molar-refractivity contribution < 1.29 is 0 Å². The van der Waals surface area contributed by atoms with E-state index in [1.165, 1.54) is 0 Å². The Bertz CT molecular complexity index is 258. The summed E-state index contributed by atoms with van der Waals surface area (Å²) >= 11 is 0. The van der Waals surface area contributed by atoms with Gasteiger partial charge in [-0.3, -0.25) is 0 Å². The maximum Gasteiger partial charge on any atom is 0.0885 e. The summed E-state index contributed by atoms with van der Waals surface area (Å²) < 4.78 is 0. The molecule has 2 N–H and O–H groups in total. The van der Waals surface area contributed by atoms with Gasteiger partial charge in [0.25, 0.3) is 0 Å². The Balaban J connectivity index is 4.28. The largest absolute Gasteiger partial charge is 0.376 e. The minimum Gasteiger partial charge on any atom is -0.376 e. The van der Waals surface area contributed by atoms with Crippen LogP contribution >= 0.6 is 0 Å². The molecule has 4 nitrogen and oxygen atoms in total. The van der Waals surface area contributed by atoms with Crippen LogP contribution in [0.1, 0.15) is 27.2 Å². The monoisotopic (exact) mass is 238 g/mol. The van der Waals surface area contributed by atoms with Crippen LogP contribution < -0.4 is 10.6 Å². The third-order valence-electron chi connectivity index (χ3n) is 2.48. The first-order valence-corrected chi connectivity index (χ1v) is 6.19. The Labute approximate surface area is 105 Å². The molecule has 0 fully saturated rings. The van der Waals surface area contributed by atoms with E-state index in [0.717, 1.165) is 25.3 Å². The topological polar surface area (TPSA) is 39.7 Å². The summed E-state index contributed by atoms with van der Waals surface area (Å²) in [5, 5.41) is 6.17. The normalized spacial score (nSPS) is 13.2. The predicted octanol–water partition coefficient (Wildman–Crippen LogP) is 1.93. The lowest BCUT2D eigenvalue weighted by Gasteiger charge is -2.26. The Hall–Kier alpha value is -1.29. The molecule has 98 valence electrons. The van der Waals surface area contributed by atoms with Crippen LogP contribution in [0.25, 0.3) is 0 Å². The summed E-state index contributed by atoms with van der Waals surface area (Å²) in [4.78, 5) is 6.40. The van der Waals surface area contributed by atoms with Crippen molar-refractivity contribution in [3.05, 3.63) is 24.6 Å². The third kappa shape index (κ3) is 7.58. The van der Waals surface area contributed by atoms with Gasteiger partial charge in [-0.15, -0.1) is 0 Å². The smallest absolute Gasteiger partial charge is 0.0885 e. The van der Waals surface area contributed by atoms with Gasteiger partial charge in [0.15, 0.2) is 0 Å². The van der Waals surface area contributed by atoms with Crippen molar-refractivity contribution in [3.63, 3.8) is 0 Å². The lowest BCUT2D eigenvalue weighted by atomic mass is 10.2. The SMILES string of the molecule is C=C(/C=C/N(CNC)C(C)CC)/N=C\NCC. The van der Waals surface area contributed by atoms with E-state index >= 15 is 0 Å². The maximum absolute atomic E-state index is 4.17. The molecule has 0 aromatic carbocycles. The van der Waals surface area contributed by atoms with Crippen LogP contribution in [0.4, 0.5) is 0 Å². The highest BCUT2D eigenvalue weighted by molar-refractivity contribution is 5.56. The molecule has 0 saturated carbocycles. The molecule has 4 heteroatoms. The summed E-state index contributed by atoms with van der Waals surface area (Å²) in [6.45, 7) is 12.0. The fraction of sp³-hybridized carbons (Fsp3) is 0.615. The van der Waals surface area contributed by atoms with E-state index in [0.29, 0.717) is 6.04 Å². The molecule has 0 rings (SSSR count). The van der Waals surface area contributed by atoms with E-state index in [-0.39, 0.29) is 0 Å². The van der Waals surface area contributed by atoms with Crippen LogP contribution in [0.15, 0.2) is 29.5 Å². The van der Waals surface area contributed by atoms with E-state index in [1.807, 2.05) is 26.2 Å². The minimum atomic E-state index is 0.504. The van der Waals surface area contributed by atoms with Gasteiger partial charge in [-0.25, -0.2) is 4.99 Å². The van der Waals surface area contributed by atoms with Crippen LogP contribution in [0, 0.1) is 0 Å². The molecule has 0 aromatic heterocycles. The second kappa shape index (κ2) is 9.90. The zero-order valence-corrected chi connectivity index (χ0v) is 11.5. The van der Waals surface area contributed by atoms with Gasteiger partial charge in [0.05, 0.1) is 18.7 Å². The van der Waals surface area contributed by atoms with Crippen LogP contribution in [0.3, 0.4) is 0 Å². The number of nitrogens with one attached hydrogen (secondary N) is 2. The molecule has 0 aliphatic heterocycles. The van der Waals surface area contributed by atoms with Gasteiger partial charge in [-0.05, 0) is 33.4 Å². The van der Waals surface area contributed by atoms with E-state index in [4.69, 9.17) is 0 Å². The molecule has 17 heavy (non-hydrogen) atoms. The van der Waals surface area contributed by atoms with Crippen LogP contribution in [0.5, 0.6) is 0 Å². The van der Waals surface area contributed by atoms with Gasteiger partial charge >= 0.3 is 0 Å². The Morgan fingerprint density at radius 1 is 1.47 bits per heavy atom. The zero-order valence-electron chi connectivity index (χ0n) is 11.5. The summed E-state index contributed by atoms with van der Waals surface area (Å²) in [7, 11) is 1.95. The first kappa shape index (κ1) is 15.7. The molecule has 0 bridgehead atoms. The molecule has 0 aliphatic carbocycles. The van der Waals surface area contributed by atoms with E-state index in [1.54, 1.807) is 6.34 Å². The molecule has 0 radical (unpaired) electrons. The number of hydrogen-bond acceptors (Lipinski definition) is 3. The summed E-state index contributed by atoms with van der Waals surface area (Å²) in [6.07, 6.45) is 6.76. The van der Waals surface area contributed by atoms with E-state index in [9.17, 15) is 0 Å². The highest BCUT2D eigenvalue weighted by Crippen LogP contribution is 2.04. The molecule has 0 aliphatic rings. The standard InChI is InChI=1S/C13H26N4/c1-6-13(4)17(11-14-5)9-8-12(3)16-10-15-7-2/h8-10,13-14H,3,6-7,11H2,1-2,4-5H3,(H,15,16)/b9-8+. The van der Waals surface area contributed by atoms with Crippen molar-refractivity contribution in [2.45, 2.75) is 33.2 Å². The number of hydrogen-bond donors (Lipinski definition) is 2. The molecule has 0 spiro atoms. The molecular formula is C13H26N4. The van der Waals surface area contributed by atoms with Crippen molar-refractivity contribution >= 4 is 6.34 Å². The van der Waals surface area contributed by atoms with Crippen molar-refractivity contribution in [2.24, 2.45) is 4.99 Å². The first-order valence-electron chi connectivity index (χ1n) is 6.19. The van der Waals surface area contributed by atoms with Gasteiger partial charge in [0.1, 0.15) is 0 Å². The fourth-order valence-electron chi connectivity index (χ4n) is 1.22. The summed E-state index contributed by atoms with van der Waals surface area (Å²) in [6, 6.07) is 0.504. The van der Waals surface area contributed by atoms with Crippen LogP contribution in [-0.4, -0.2) is 37.5 Å². The molecule has 0 aromatic rings. The van der Waals surface area contributed by atoms with Crippen LogP contribution in [-0.2, 0) is 0 Å². The van der Waals surface area contributed by atoms with Gasteiger partial charge in [0.2, 0.25) is 0 Å².